The molecule has 0 aliphatic heterocycles. The second-order valence-electron chi connectivity index (χ2n) is 4.08. The number of aromatic nitrogens is 1. The van der Waals surface area contributed by atoms with Gasteiger partial charge in [-0.15, -0.1) is 0 Å². The first kappa shape index (κ1) is 12.8. The first-order valence-electron chi connectivity index (χ1n) is 5.56. The van der Waals surface area contributed by atoms with E-state index in [1.807, 2.05) is 26.0 Å². The molecule has 1 aromatic heterocycles. The van der Waals surface area contributed by atoms with Crippen LogP contribution in [-0.4, -0.2) is 22.1 Å². The van der Waals surface area contributed by atoms with E-state index in [0.29, 0.717) is 5.69 Å². The zero-order valence-electron chi connectivity index (χ0n) is 10.4. The number of benzene rings is 1. The zero-order chi connectivity index (χ0) is 14.0. The van der Waals surface area contributed by atoms with Crippen molar-refractivity contribution in [2.75, 3.05) is 5.32 Å². The number of carboxylic acid groups (broad SMARTS) is 1. The van der Waals surface area contributed by atoms with Crippen molar-refractivity contribution in [3.8, 4) is 0 Å². The van der Waals surface area contributed by atoms with Gasteiger partial charge in [0, 0.05) is 11.8 Å². The van der Waals surface area contributed by atoms with Crippen LogP contribution in [0.1, 0.15) is 32.2 Å². The Kier molecular flexibility index (Phi) is 3.33. The number of anilines is 1. The van der Waals surface area contributed by atoms with E-state index in [1.54, 1.807) is 6.07 Å². The van der Waals surface area contributed by atoms with Crippen LogP contribution in [0.25, 0.3) is 0 Å². The summed E-state index contributed by atoms with van der Waals surface area (Å²) in [4.78, 5) is 22.5. The number of carbonyl (C=O) groups is 2. The fourth-order valence-electron chi connectivity index (χ4n) is 1.56. The molecule has 19 heavy (non-hydrogen) atoms. The van der Waals surface area contributed by atoms with E-state index in [2.05, 4.69) is 15.0 Å². The predicted molar refractivity (Wildman–Crippen MR) is 67.3 cm³/mol. The third kappa shape index (κ3) is 2.62. The molecule has 0 radical (unpaired) electrons. The van der Waals surface area contributed by atoms with Crippen LogP contribution < -0.4 is 5.32 Å². The Bertz CT molecular complexity index is 646. The number of carboxylic acids is 1. The summed E-state index contributed by atoms with van der Waals surface area (Å²) in [6.07, 6.45) is 0. The van der Waals surface area contributed by atoms with Crippen LogP contribution in [0.4, 0.5) is 5.69 Å². The van der Waals surface area contributed by atoms with Gasteiger partial charge in [-0.25, -0.2) is 4.79 Å². The highest BCUT2D eigenvalue weighted by Crippen LogP contribution is 2.18. The topological polar surface area (TPSA) is 92.4 Å². The third-order valence-electron chi connectivity index (χ3n) is 2.81. The summed E-state index contributed by atoms with van der Waals surface area (Å²) in [5, 5.41) is 14.8. The molecule has 2 N–H and O–H groups in total. The minimum absolute atomic E-state index is 0.0710. The molecule has 1 amide bonds. The molecule has 0 saturated carbocycles. The summed E-state index contributed by atoms with van der Waals surface area (Å²) in [6, 6.07) is 6.61. The number of nitrogens with one attached hydrogen (secondary N) is 1. The Morgan fingerprint density at radius 3 is 2.68 bits per heavy atom. The van der Waals surface area contributed by atoms with Gasteiger partial charge in [0.1, 0.15) is 0 Å². The van der Waals surface area contributed by atoms with Crippen molar-refractivity contribution in [2.45, 2.75) is 13.8 Å². The van der Waals surface area contributed by atoms with Gasteiger partial charge in [-0.05, 0) is 31.0 Å². The third-order valence-corrected chi connectivity index (χ3v) is 2.81. The van der Waals surface area contributed by atoms with Gasteiger partial charge in [0.15, 0.2) is 5.69 Å². The first-order valence-corrected chi connectivity index (χ1v) is 5.56. The Hall–Kier alpha value is -2.63. The lowest BCUT2D eigenvalue weighted by Gasteiger charge is -2.08. The number of amides is 1. The summed E-state index contributed by atoms with van der Waals surface area (Å²) >= 11 is 0. The van der Waals surface area contributed by atoms with E-state index in [4.69, 9.17) is 5.11 Å². The SMILES string of the molecule is Cc1cccc(NC(=O)c2cc(C(=O)O)on2)c1C. The van der Waals surface area contributed by atoms with Crippen molar-refractivity contribution in [2.24, 2.45) is 0 Å². The minimum atomic E-state index is -1.27. The Labute approximate surface area is 109 Å². The lowest BCUT2D eigenvalue weighted by Crippen LogP contribution is -2.13. The van der Waals surface area contributed by atoms with Crippen LogP contribution >= 0.6 is 0 Å². The van der Waals surface area contributed by atoms with E-state index < -0.39 is 11.9 Å². The molecule has 6 nitrogen and oxygen atoms in total. The number of hydrogen-bond donors (Lipinski definition) is 2. The van der Waals surface area contributed by atoms with Crippen LogP contribution in [-0.2, 0) is 0 Å². The summed E-state index contributed by atoms with van der Waals surface area (Å²) in [6.45, 7) is 3.82. The van der Waals surface area contributed by atoms with Gasteiger partial charge in [0.05, 0.1) is 0 Å². The van der Waals surface area contributed by atoms with Gasteiger partial charge in [-0.2, -0.15) is 0 Å². The van der Waals surface area contributed by atoms with Crippen LogP contribution in [0.15, 0.2) is 28.8 Å². The fraction of sp³-hybridized carbons (Fsp3) is 0.154. The highest BCUT2D eigenvalue weighted by Gasteiger charge is 2.17. The first-order chi connectivity index (χ1) is 8.99. The standard InChI is InChI=1S/C13H12N2O4/c1-7-4-3-5-9(8(7)2)14-12(16)10-6-11(13(17)18)19-15-10/h3-6H,1-2H3,(H,14,16)(H,17,18). The van der Waals surface area contributed by atoms with E-state index in [1.165, 1.54) is 0 Å². The largest absolute Gasteiger partial charge is 0.475 e. The second-order valence-corrected chi connectivity index (χ2v) is 4.08. The average Bonchev–Trinajstić information content (AvgIpc) is 2.84. The van der Waals surface area contributed by atoms with Crippen molar-refractivity contribution in [1.82, 2.24) is 5.16 Å². The van der Waals surface area contributed by atoms with Crippen LogP contribution in [0, 0.1) is 13.8 Å². The van der Waals surface area contributed by atoms with E-state index in [-0.39, 0.29) is 11.5 Å². The normalized spacial score (nSPS) is 10.2. The molecule has 2 rings (SSSR count). The van der Waals surface area contributed by atoms with Gasteiger partial charge < -0.3 is 14.9 Å². The van der Waals surface area contributed by atoms with Gasteiger partial charge in [0.2, 0.25) is 5.76 Å². The number of rotatable bonds is 3. The maximum atomic E-state index is 11.9. The van der Waals surface area contributed by atoms with Gasteiger partial charge in [-0.1, -0.05) is 17.3 Å². The van der Waals surface area contributed by atoms with Gasteiger partial charge in [-0.3, -0.25) is 4.79 Å². The van der Waals surface area contributed by atoms with Gasteiger partial charge in [0.25, 0.3) is 5.91 Å². The van der Waals surface area contributed by atoms with Crippen molar-refractivity contribution in [1.29, 1.82) is 0 Å². The molecule has 98 valence electrons. The molecule has 0 unspecified atom stereocenters. The van der Waals surface area contributed by atoms with E-state index >= 15 is 0 Å². The molecule has 0 aliphatic rings. The van der Waals surface area contributed by atoms with Crippen LogP contribution in [0.5, 0.6) is 0 Å². The Morgan fingerprint density at radius 1 is 1.32 bits per heavy atom. The van der Waals surface area contributed by atoms with Crippen molar-refractivity contribution >= 4 is 17.6 Å². The van der Waals surface area contributed by atoms with Crippen molar-refractivity contribution < 1.29 is 19.2 Å². The molecule has 0 spiro atoms. The highest BCUT2D eigenvalue weighted by atomic mass is 16.5. The Balaban J connectivity index is 2.21. The molecule has 0 saturated heterocycles. The number of hydrogen-bond acceptors (Lipinski definition) is 4. The average molecular weight is 260 g/mol. The molecule has 0 fully saturated rings. The number of carbonyl (C=O) groups excluding carboxylic acids is 1. The quantitative estimate of drug-likeness (QED) is 0.882. The molecule has 0 atom stereocenters. The molecule has 0 aliphatic carbocycles. The zero-order valence-corrected chi connectivity index (χ0v) is 10.4. The number of aryl methyl sites for hydroxylation is 1. The lowest BCUT2D eigenvalue weighted by molar-refractivity contribution is 0.0651. The molecular formula is C13H12N2O4. The van der Waals surface area contributed by atoms with Crippen LogP contribution in [0.3, 0.4) is 0 Å². The van der Waals surface area contributed by atoms with E-state index in [9.17, 15) is 9.59 Å². The predicted octanol–water partition coefficient (Wildman–Crippen LogP) is 2.24. The molecule has 0 bridgehead atoms. The lowest BCUT2D eigenvalue weighted by atomic mass is 10.1. The van der Waals surface area contributed by atoms with E-state index in [0.717, 1.165) is 17.2 Å². The summed E-state index contributed by atoms with van der Waals surface area (Å²) in [7, 11) is 0. The smallest absolute Gasteiger partial charge is 0.374 e. The molecular weight excluding hydrogens is 248 g/mol. The van der Waals surface area contributed by atoms with Crippen LogP contribution in [0.2, 0.25) is 0 Å². The number of nitrogens with zero attached hydrogens (tertiary/aromatic N) is 1. The molecule has 1 aromatic carbocycles. The maximum absolute atomic E-state index is 11.9. The molecule has 1 heterocycles. The maximum Gasteiger partial charge on any atom is 0.374 e. The molecule has 2 aromatic rings. The summed E-state index contributed by atoms with van der Waals surface area (Å²) < 4.78 is 4.53. The van der Waals surface area contributed by atoms with Gasteiger partial charge >= 0.3 is 5.97 Å². The summed E-state index contributed by atoms with van der Waals surface area (Å²) in [5.41, 5.74) is 2.57. The number of aromatic carboxylic acids is 1. The highest BCUT2D eigenvalue weighted by molar-refractivity contribution is 6.04. The van der Waals surface area contributed by atoms with Crippen molar-refractivity contribution in [3.63, 3.8) is 0 Å². The fourth-order valence-corrected chi connectivity index (χ4v) is 1.56. The Morgan fingerprint density at radius 2 is 2.05 bits per heavy atom. The monoisotopic (exact) mass is 260 g/mol. The summed E-state index contributed by atoms with van der Waals surface area (Å²) in [5.74, 6) is -2.14. The molecule has 6 heteroatoms. The van der Waals surface area contributed by atoms with Crippen molar-refractivity contribution in [3.05, 3.63) is 46.8 Å². The minimum Gasteiger partial charge on any atom is -0.475 e. The second kappa shape index (κ2) is 4.93.